The summed E-state index contributed by atoms with van der Waals surface area (Å²) in [5.41, 5.74) is 0. The quantitative estimate of drug-likeness (QED) is 0.739. The van der Waals surface area contributed by atoms with Crippen LogP contribution in [0.4, 0.5) is 0 Å². The number of nitrogens with one attached hydrogen (secondary N) is 1. The summed E-state index contributed by atoms with van der Waals surface area (Å²) in [5.74, 6) is 0.947. The fraction of sp³-hybridized carbons (Fsp3) is 0.583. The predicted molar refractivity (Wildman–Crippen MR) is 73.9 cm³/mol. The Morgan fingerprint density at radius 1 is 1.53 bits per heavy atom. The van der Waals surface area contributed by atoms with Gasteiger partial charge in [0.1, 0.15) is 0 Å². The van der Waals surface area contributed by atoms with Crippen LogP contribution in [0, 0.1) is 0 Å². The highest BCUT2D eigenvalue weighted by molar-refractivity contribution is 7.99. The number of hydrogen-bond donors (Lipinski definition) is 1. The van der Waals surface area contributed by atoms with Crippen LogP contribution < -0.4 is 5.32 Å². The summed E-state index contributed by atoms with van der Waals surface area (Å²) in [6.07, 6.45) is 2.80. The first-order chi connectivity index (χ1) is 8.26. The molecule has 5 heteroatoms. The van der Waals surface area contributed by atoms with Crippen molar-refractivity contribution in [1.82, 2.24) is 10.3 Å². The van der Waals surface area contributed by atoms with Crippen LogP contribution in [0.3, 0.4) is 0 Å². The van der Waals surface area contributed by atoms with Crippen molar-refractivity contribution in [3.05, 3.63) is 23.4 Å². The molecule has 1 N–H and O–H groups in total. The number of ether oxygens (including phenoxy) is 1. The highest BCUT2D eigenvalue weighted by atomic mass is 35.5. The van der Waals surface area contributed by atoms with Gasteiger partial charge in [-0.25, -0.2) is 4.98 Å². The lowest BCUT2D eigenvalue weighted by Gasteiger charge is -2.16. The number of thioether (sulfide) groups is 1. The van der Waals surface area contributed by atoms with Gasteiger partial charge in [0.15, 0.2) is 0 Å². The Morgan fingerprint density at radius 3 is 2.94 bits per heavy atom. The maximum absolute atomic E-state index is 5.79. The van der Waals surface area contributed by atoms with E-state index in [9.17, 15) is 0 Å². The van der Waals surface area contributed by atoms with E-state index in [-0.39, 0.29) is 0 Å². The van der Waals surface area contributed by atoms with E-state index in [0.29, 0.717) is 11.1 Å². The van der Waals surface area contributed by atoms with Crippen LogP contribution >= 0.6 is 23.4 Å². The highest BCUT2D eigenvalue weighted by Crippen LogP contribution is 2.18. The molecule has 1 atom stereocenters. The molecule has 96 valence electrons. The molecule has 1 aromatic heterocycles. The summed E-state index contributed by atoms with van der Waals surface area (Å²) in [7, 11) is 1.73. The molecule has 0 aliphatic carbocycles. The molecule has 0 aliphatic heterocycles. The van der Waals surface area contributed by atoms with E-state index in [4.69, 9.17) is 16.3 Å². The topological polar surface area (TPSA) is 34.1 Å². The molecule has 3 nitrogen and oxygen atoms in total. The number of hydrogen-bond acceptors (Lipinski definition) is 4. The number of halogens is 1. The van der Waals surface area contributed by atoms with Crippen LogP contribution in [0.2, 0.25) is 5.02 Å². The molecular weight excluding hydrogens is 256 g/mol. The predicted octanol–water partition coefficient (Wildman–Crippen LogP) is 2.84. The zero-order chi connectivity index (χ0) is 12.5. The van der Waals surface area contributed by atoms with Crippen molar-refractivity contribution in [1.29, 1.82) is 0 Å². The number of rotatable bonds is 8. The zero-order valence-corrected chi connectivity index (χ0v) is 11.9. The highest BCUT2D eigenvalue weighted by Gasteiger charge is 2.08. The first-order valence-electron chi connectivity index (χ1n) is 5.73. The van der Waals surface area contributed by atoms with Gasteiger partial charge >= 0.3 is 0 Å². The van der Waals surface area contributed by atoms with Gasteiger partial charge in [0.05, 0.1) is 16.7 Å². The Hall–Kier alpha value is -0.290. The van der Waals surface area contributed by atoms with Crippen molar-refractivity contribution < 1.29 is 4.74 Å². The lowest BCUT2D eigenvalue weighted by Crippen LogP contribution is -2.35. The Bertz CT molecular complexity index is 308. The summed E-state index contributed by atoms with van der Waals surface area (Å²) in [6, 6.07) is 4.17. The van der Waals surface area contributed by atoms with E-state index in [1.54, 1.807) is 25.1 Å². The number of aromatic nitrogens is 1. The normalized spacial score (nSPS) is 12.6. The Labute approximate surface area is 112 Å². The van der Waals surface area contributed by atoms with Gasteiger partial charge in [0.25, 0.3) is 0 Å². The number of methoxy groups -OCH3 is 1. The average molecular weight is 275 g/mol. The molecule has 17 heavy (non-hydrogen) atoms. The second-order valence-electron chi connectivity index (χ2n) is 3.73. The van der Waals surface area contributed by atoms with E-state index in [1.807, 2.05) is 12.1 Å². The summed E-state index contributed by atoms with van der Waals surface area (Å²) in [6.45, 7) is 3.90. The van der Waals surface area contributed by atoms with Gasteiger partial charge in [0, 0.05) is 25.1 Å². The molecule has 0 saturated heterocycles. The van der Waals surface area contributed by atoms with Crippen molar-refractivity contribution >= 4 is 23.4 Å². The van der Waals surface area contributed by atoms with E-state index in [1.165, 1.54) is 0 Å². The van der Waals surface area contributed by atoms with Gasteiger partial charge in [-0.05, 0) is 25.1 Å². The molecule has 0 saturated carbocycles. The minimum absolute atomic E-state index is 0.363. The third-order valence-corrected chi connectivity index (χ3v) is 3.51. The molecule has 0 amide bonds. The Morgan fingerprint density at radius 2 is 2.35 bits per heavy atom. The molecule has 1 aromatic rings. The van der Waals surface area contributed by atoms with E-state index in [0.717, 1.165) is 30.4 Å². The maximum atomic E-state index is 5.79. The maximum Gasteiger partial charge on any atom is 0.0961 e. The molecule has 0 aromatic carbocycles. The largest absolute Gasteiger partial charge is 0.383 e. The van der Waals surface area contributed by atoms with Crippen LogP contribution in [-0.2, 0) is 4.74 Å². The molecule has 0 radical (unpaired) electrons. The standard InChI is InChI=1S/C12H19ClN2OS/c1-3-6-14-11(8-16-2)9-17-12-5-4-10(13)7-15-12/h4-5,7,11,14H,3,6,8-9H2,1-2H3. The monoisotopic (exact) mass is 274 g/mol. The number of nitrogens with zero attached hydrogens (tertiary/aromatic N) is 1. The Balaban J connectivity index is 2.37. The second kappa shape index (κ2) is 8.75. The SMILES string of the molecule is CCCNC(COC)CSc1ccc(Cl)cn1. The molecule has 0 fully saturated rings. The third kappa shape index (κ3) is 6.27. The van der Waals surface area contributed by atoms with Crippen molar-refractivity contribution in [2.45, 2.75) is 24.4 Å². The first-order valence-corrected chi connectivity index (χ1v) is 7.09. The van der Waals surface area contributed by atoms with Gasteiger partial charge in [-0.2, -0.15) is 0 Å². The van der Waals surface area contributed by atoms with Crippen molar-refractivity contribution in [2.75, 3.05) is 26.0 Å². The fourth-order valence-corrected chi connectivity index (χ4v) is 2.34. The summed E-state index contributed by atoms with van der Waals surface area (Å²) in [4.78, 5) is 4.25. The lowest BCUT2D eigenvalue weighted by atomic mass is 10.3. The molecule has 0 bridgehead atoms. The number of pyridine rings is 1. The van der Waals surface area contributed by atoms with Gasteiger partial charge in [0.2, 0.25) is 0 Å². The van der Waals surface area contributed by atoms with Crippen molar-refractivity contribution in [3.63, 3.8) is 0 Å². The van der Waals surface area contributed by atoms with E-state index in [2.05, 4.69) is 17.2 Å². The summed E-state index contributed by atoms with van der Waals surface area (Å²) >= 11 is 7.50. The molecule has 1 heterocycles. The summed E-state index contributed by atoms with van der Waals surface area (Å²) < 4.78 is 5.19. The molecular formula is C12H19ClN2OS. The second-order valence-corrected chi connectivity index (χ2v) is 5.21. The minimum atomic E-state index is 0.363. The van der Waals surface area contributed by atoms with Crippen LogP contribution in [0.1, 0.15) is 13.3 Å². The van der Waals surface area contributed by atoms with Crippen molar-refractivity contribution in [3.8, 4) is 0 Å². The Kier molecular flexibility index (Phi) is 7.60. The smallest absolute Gasteiger partial charge is 0.0961 e. The van der Waals surface area contributed by atoms with E-state index < -0.39 is 0 Å². The van der Waals surface area contributed by atoms with Crippen LogP contribution in [-0.4, -0.2) is 37.0 Å². The molecule has 1 rings (SSSR count). The zero-order valence-electron chi connectivity index (χ0n) is 10.3. The van der Waals surface area contributed by atoms with Gasteiger partial charge in [-0.15, -0.1) is 11.8 Å². The molecule has 0 aliphatic rings. The van der Waals surface area contributed by atoms with Gasteiger partial charge in [-0.3, -0.25) is 0 Å². The van der Waals surface area contributed by atoms with Gasteiger partial charge in [-0.1, -0.05) is 18.5 Å². The summed E-state index contributed by atoms with van der Waals surface area (Å²) in [5, 5.41) is 5.12. The molecule has 0 spiro atoms. The fourth-order valence-electron chi connectivity index (χ4n) is 1.35. The first kappa shape index (κ1) is 14.8. The van der Waals surface area contributed by atoms with Crippen LogP contribution in [0.5, 0.6) is 0 Å². The molecule has 1 unspecified atom stereocenters. The van der Waals surface area contributed by atoms with Gasteiger partial charge < -0.3 is 10.1 Å². The lowest BCUT2D eigenvalue weighted by molar-refractivity contribution is 0.174. The van der Waals surface area contributed by atoms with E-state index >= 15 is 0 Å². The van der Waals surface area contributed by atoms with Crippen LogP contribution in [0.25, 0.3) is 0 Å². The van der Waals surface area contributed by atoms with Crippen molar-refractivity contribution in [2.24, 2.45) is 0 Å². The average Bonchev–Trinajstić information content (AvgIpc) is 2.35. The van der Waals surface area contributed by atoms with Crippen LogP contribution in [0.15, 0.2) is 23.4 Å². The third-order valence-electron chi connectivity index (χ3n) is 2.18. The minimum Gasteiger partial charge on any atom is -0.383 e.